The summed E-state index contributed by atoms with van der Waals surface area (Å²) in [5.74, 6) is -0.208. The second kappa shape index (κ2) is 9.07. The van der Waals surface area contributed by atoms with Crippen molar-refractivity contribution < 1.29 is 14.3 Å². The van der Waals surface area contributed by atoms with Gasteiger partial charge in [-0.1, -0.05) is 12.1 Å². The number of H-pyrrole nitrogens is 1. The first-order valence-corrected chi connectivity index (χ1v) is 10.2. The fraction of sp³-hybridized carbons (Fsp3) is 0.348. The van der Waals surface area contributed by atoms with Crippen molar-refractivity contribution in [1.29, 1.82) is 0 Å². The zero-order valence-corrected chi connectivity index (χ0v) is 18.8. The quantitative estimate of drug-likeness (QED) is 0.565. The van der Waals surface area contributed by atoms with Crippen molar-refractivity contribution in [3.63, 3.8) is 0 Å². The van der Waals surface area contributed by atoms with Crippen LogP contribution >= 0.6 is 0 Å². The van der Waals surface area contributed by atoms with E-state index in [2.05, 4.69) is 15.4 Å². The average molecular weight is 424 g/mol. The fourth-order valence-electron chi connectivity index (χ4n) is 3.37. The van der Waals surface area contributed by atoms with Gasteiger partial charge in [0.05, 0.1) is 24.4 Å². The minimum Gasteiger partial charge on any atom is -0.459 e. The number of nitrogens with zero attached hydrogens (tertiary/aromatic N) is 3. The summed E-state index contributed by atoms with van der Waals surface area (Å²) in [6, 6.07) is 9.90. The Labute approximate surface area is 182 Å². The smallest absolute Gasteiger partial charge is 0.340 e. The standard InChI is InChI=1S/C23H29N5O3/c1-14(2)31-23(30)20-15(3)21(25-16(20)4)22(29)26-19-11-12-24-28(19)13-17-7-9-18(10-8-17)27(5)6/h7-12,14,25H,13H2,1-6H3,(H,26,29). The number of aromatic nitrogens is 3. The Morgan fingerprint density at radius 3 is 2.45 bits per heavy atom. The number of carbonyl (C=O) groups is 2. The van der Waals surface area contributed by atoms with Crippen molar-refractivity contribution in [1.82, 2.24) is 14.8 Å². The molecule has 0 aliphatic rings. The lowest BCUT2D eigenvalue weighted by atomic mass is 10.1. The summed E-state index contributed by atoms with van der Waals surface area (Å²) in [5.41, 5.74) is 4.07. The summed E-state index contributed by atoms with van der Waals surface area (Å²) < 4.78 is 7.02. The average Bonchev–Trinajstić information content (AvgIpc) is 3.24. The van der Waals surface area contributed by atoms with Gasteiger partial charge < -0.3 is 19.9 Å². The Bertz CT molecular complexity index is 1080. The molecular formula is C23H29N5O3. The molecule has 2 heterocycles. The van der Waals surface area contributed by atoms with E-state index in [4.69, 9.17) is 4.74 Å². The normalized spacial score (nSPS) is 10.9. The molecule has 8 heteroatoms. The van der Waals surface area contributed by atoms with Crippen molar-refractivity contribution in [2.24, 2.45) is 0 Å². The number of hydrogen-bond donors (Lipinski definition) is 2. The minimum atomic E-state index is -0.438. The topological polar surface area (TPSA) is 92.3 Å². The third-order valence-electron chi connectivity index (χ3n) is 4.95. The van der Waals surface area contributed by atoms with Crippen LogP contribution in [0.4, 0.5) is 11.5 Å². The molecule has 1 aromatic carbocycles. The maximum atomic E-state index is 12.9. The molecule has 3 rings (SSSR count). The third-order valence-corrected chi connectivity index (χ3v) is 4.95. The number of esters is 1. The molecule has 0 bridgehead atoms. The zero-order chi connectivity index (χ0) is 22.7. The Kier molecular flexibility index (Phi) is 6.48. The molecular weight excluding hydrogens is 394 g/mol. The monoisotopic (exact) mass is 423 g/mol. The molecule has 0 atom stereocenters. The van der Waals surface area contributed by atoms with E-state index in [0.717, 1.165) is 11.3 Å². The van der Waals surface area contributed by atoms with Crippen LogP contribution in [0.2, 0.25) is 0 Å². The van der Waals surface area contributed by atoms with Crippen molar-refractivity contribution in [2.45, 2.75) is 40.3 Å². The molecule has 0 fully saturated rings. The van der Waals surface area contributed by atoms with Crippen molar-refractivity contribution in [2.75, 3.05) is 24.3 Å². The van der Waals surface area contributed by atoms with Crippen LogP contribution < -0.4 is 10.2 Å². The highest BCUT2D eigenvalue weighted by atomic mass is 16.5. The predicted octanol–water partition coefficient (Wildman–Crippen LogP) is 3.76. The molecule has 2 N–H and O–H groups in total. The van der Waals surface area contributed by atoms with Crippen LogP contribution in [0.15, 0.2) is 36.5 Å². The second-order valence-corrected chi connectivity index (χ2v) is 7.97. The number of aryl methyl sites for hydroxylation is 1. The maximum absolute atomic E-state index is 12.9. The Morgan fingerprint density at radius 2 is 1.84 bits per heavy atom. The van der Waals surface area contributed by atoms with Crippen LogP contribution in [0.3, 0.4) is 0 Å². The van der Waals surface area contributed by atoms with E-state index in [-0.39, 0.29) is 12.0 Å². The number of hydrogen-bond acceptors (Lipinski definition) is 5. The number of anilines is 2. The molecule has 164 valence electrons. The highest BCUT2D eigenvalue weighted by Crippen LogP contribution is 2.21. The number of nitrogens with one attached hydrogen (secondary N) is 2. The number of carbonyl (C=O) groups excluding carboxylic acids is 2. The predicted molar refractivity (Wildman–Crippen MR) is 121 cm³/mol. The van der Waals surface area contributed by atoms with Crippen LogP contribution in [0.1, 0.15) is 51.5 Å². The summed E-state index contributed by atoms with van der Waals surface area (Å²) in [5, 5.41) is 7.22. The van der Waals surface area contributed by atoms with Gasteiger partial charge in [0.2, 0.25) is 0 Å². The molecule has 0 aliphatic carbocycles. The van der Waals surface area contributed by atoms with E-state index < -0.39 is 5.97 Å². The van der Waals surface area contributed by atoms with E-state index in [1.807, 2.05) is 43.3 Å². The molecule has 8 nitrogen and oxygen atoms in total. The van der Waals surface area contributed by atoms with E-state index in [9.17, 15) is 9.59 Å². The van der Waals surface area contributed by atoms with Crippen LogP contribution in [-0.2, 0) is 11.3 Å². The fourth-order valence-corrected chi connectivity index (χ4v) is 3.37. The first-order valence-electron chi connectivity index (χ1n) is 10.2. The van der Waals surface area contributed by atoms with Crippen molar-refractivity contribution in [3.8, 4) is 0 Å². The first-order chi connectivity index (χ1) is 14.7. The number of benzene rings is 1. The SMILES string of the molecule is Cc1[nH]c(C(=O)Nc2ccnn2Cc2ccc(N(C)C)cc2)c(C)c1C(=O)OC(C)C. The van der Waals surface area contributed by atoms with Gasteiger partial charge in [0.15, 0.2) is 0 Å². The highest BCUT2D eigenvalue weighted by molar-refractivity contribution is 6.06. The van der Waals surface area contributed by atoms with E-state index in [1.54, 1.807) is 44.6 Å². The molecule has 0 saturated carbocycles. The minimum absolute atomic E-state index is 0.236. The molecule has 0 radical (unpaired) electrons. The summed E-state index contributed by atoms with van der Waals surface area (Å²) in [7, 11) is 3.99. The van der Waals surface area contributed by atoms with Gasteiger partial charge in [-0.05, 0) is 51.0 Å². The molecule has 2 aromatic heterocycles. The van der Waals surface area contributed by atoms with Gasteiger partial charge in [-0.25, -0.2) is 9.48 Å². The Morgan fingerprint density at radius 1 is 1.16 bits per heavy atom. The summed E-state index contributed by atoms with van der Waals surface area (Å²) in [6.07, 6.45) is 1.40. The van der Waals surface area contributed by atoms with Gasteiger partial charge in [0.1, 0.15) is 11.5 Å². The molecule has 0 unspecified atom stereocenters. The van der Waals surface area contributed by atoms with E-state index >= 15 is 0 Å². The number of amides is 1. The summed E-state index contributed by atoms with van der Waals surface area (Å²) >= 11 is 0. The van der Waals surface area contributed by atoms with Gasteiger partial charge in [-0.15, -0.1) is 0 Å². The van der Waals surface area contributed by atoms with Crippen LogP contribution in [-0.4, -0.2) is 46.8 Å². The molecule has 1 amide bonds. The molecule has 0 saturated heterocycles. The number of aromatic amines is 1. The number of ether oxygens (including phenoxy) is 1. The van der Waals surface area contributed by atoms with Crippen molar-refractivity contribution in [3.05, 3.63) is 64.6 Å². The van der Waals surface area contributed by atoms with E-state index in [1.165, 1.54) is 0 Å². The van der Waals surface area contributed by atoms with Crippen molar-refractivity contribution >= 4 is 23.4 Å². The molecule has 31 heavy (non-hydrogen) atoms. The second-order valence-electron chi connectivity index (χ2n) is 7.97. The third kappa shape index (κ3) is 4.96. The van der Waals surface area contributed by atoms with Gasteiger partial charge in [0.25, 0.3) is 5.91 Å². The Hall–Kier alpha value is -3.55. The maximum Gasteiger partial charge on any atom is 0.340 e. The van der Waals surface area contributed by atoms with Gasteiger partial charge >= 0.3 is 5.97 Å². The number of rotatable bonds is 7. The van der Waals surface area contributed by atoms with Crippen LogP contribution in [0, 0.1) is 13.8 Å². The lowest BCUT2D eigenvalue weighted by Gasteiger charge is -2.13. The Balaban J connectivity index is 1.77. The molecule has 0 spiro atoms. The largest absolute Gasteiger partial charge is 0.459 e. The van der Waals surface area contributed by atoms with E-state index in [0.29, 0.717) is 34.9 Å². The summed E-state index contributed by atoms with van der Waals surface area (Å²) in [4.78, 5) is 30.4. The lowest BCUT2D eigenvalue weighted by Crippen LogP contribution is -2.18. The van der Waals surface area contributed by atoms with Gasteiger partial charge in [0, 0.05) is 31.5 Å². The lowest BCUT2D eigenvalue weighted by molar-refractivity contribution is 0.0376. The van der Waals surface area contributed by atoms with Gasteiger partial charge in [-0.2, -0.15) is 5.10 Å². The molecule has 3 aromatic rings. The summed E-state index contributed by atoms with van der Waals surface area (Å²) in [6.45, 7) is 7.59. The molecule has 0 aliphatic heterocycles. The first kappa shape index (κ1) is 22.1. The van der Waals surface area contributed by atoms with Crippen LogP contribution in [0.25, 0.3) is 0 Å². The van der Waals surface area contributed by atoms with Gasteiger partial charge in [-0.3, -0.25) is 4.79 Å². The zero-order valence-electron chi connectivity index (χ0n) is 18.8. The highest BCUT2D eigenvalue weighted by Gasteiger charge is 2.24. The van der Waals surface area contributed by atoms with Crippen LogP contribution in [0.5, 0.6) is 0 Å².